The molecule has 1 aliphatic rings. The molecule has 0 saturated carbocycles. The zero-order valence-corrected chi connectivity index (χ0v) is 18.5. The maximum absolute atomic E-state index is 12.5. The molecule has 1 fully saturated rings. The van der Waals surface area contributed by atoms with E-state index in [-0.39, 0.29) is 29.8 Å². The second-order valence-electron chi connectivity index (χ2n) is 7.80. The van der Waals surface area contributed by atoms with Crippen molar-refractivity contribution in [2.45, 2.75) is 45.7 Å². The Morgan fingerprint density at radius 3 is 2.40 bits per heavy atom. The number of amides is 2. The highest BCUT2D eigenvalue weighted by Crippen LogP contribution is 2.18. The molecule has 0 bridgehead atoms. The number of nitrogens with zero attached hydrogens (tertiary/aromatic N) is 1. The van der Waals surface area contributed by atoms with Crippen LogP contribution in [0.2, 0.25) is 0 Å². The zero-order chi connectivity index (χ0) is 22.3. The van der Waals surface area contributed by atoms with Gasteiger partial charge in [0.05, 0.1) is 17.9 Å². The van der Waals surface area contributed by atoms with Crippen LogP contribution in [0.5, 0.6) is 0 Å². The van der Waals surface area contributed by atoms with Crippen molar-refractivity contribution in [3.05, 3.63) is 35.9 Å². The third-order valence-electron chi connectivity index (χ3n) is 5.09. The standard InChI is InChI=1S/C21H30N2O6S/c1-4-23(17-10-11-30(27,28)14-17)19(25)13-29-21(26)20(15(2)3)22-18(24)12-16-8-6-5-7-9-16/h5-9,15,17,20H,4,10-14H2,1-3H3,(H,22,24)/t17?,20-/m0/s1. The van der Waals surface area contributed by atoms with Crippen molar-refractivity contribution in [2.75, 3.05) is 24.7 Å². The van der Waals surface area contributed by atoms with Gasteiger partial charge in [-0.15, -0.1) is 0 Å². The van der Waals surface area contributed by atoms with E-state index in [1.54, 1.807) is 20.8 Å². The molecule has 1 heterocycles. The van der Waals surface area contributed by atoms with Crippen LogP contribution in [0.15, 0.2) is 30.3 Å². The minimum absolute atomic E-state index is 0.0596. The number of nitrogens with one attached hydrogen (secondary N) is 1. The van der Waals surface area contributed by atoms with Gasteiger partial charge in [-0.05, 0) is 24.8 Å². The van der Waals surface area contributed by atoms with E-state index in [0.29, 0.717) is 13.0 Å². The molecular weight excluding hydrogens is 408 g/mol. The minimum atomic E-state index is -3.13. The predicted octanol–water partition coefficient (Wildman–Crippen LogP) is 0.949. The second-order valence-corrected chi connectivity index (χ2v) is 10.0. The highest BCUT2D eigenvalue weighted by atomic mass is 32.2. The summed E-state index contributed by atoms with van der Waals surface area (Å²) in [6.45, 7) is 5.15. The van der Waals surface area contributed by atoms with Gasteiger partial charge in [-0.1, -0.05) is 44.2 Å². The van der Waals surface area contributed by atoms with Crippen LogP contribution in [-0.2, 0) is 35.4 Å². The molecule has 1 saturated heterocycles. The molecule has 0 aromatic heterocycles. The lowest BCUT2D eigenvalue weighted by atomic mass is 10.0. The average Bonchev–Trinajstić information content (AvgIpc) is 3.04. The lowest BCUT2D eigenvalue weighted by Gasteiger charge is -2.27. The molecule has 1 unspecified atom stereocenters. The van der Waals surface area contributed by atoms with Gasteiger partial charge in [-0.2, -0.15) is 0 Å². The second kappa shape index (κ2) is 10.6. The van der Waals surface area contributed by atoms with Crippen molar-refractivity contribution in [1.82, 2.24) is 10.2 Å². The highest BCUT2D eigenvalue weighted by Gasteiger charge is 2.34. The summed E-state index contributed by atoms with van der Waals surface area (Å²) >= 11 is 0. The molecule has 0 radical (unpaired) electrons. The molecule has 9 heteroatoms. The summed E-state index contributed by atoms with van der Waals surface area (Å²) in [5.74, 6) is -1.67. The van der Waals surface area contributed by atoms with E-state index < -0.39 is 40.4 Å². The topological polar surface area (TPSA) is 110 Å². The SMILES string of the molecule is CCN(C(=O)COC(=O)[C@@H](NC(=O)Cc1ccccc1)C(C)C)C1CCS(=O)(=O)C1. The maximum atomic E-state index is 12.5. The maximum Gasteiger partial charge on any atom is 0.329 e. The van der Waals surface area contributed by atoms with Gasteiger partial charge in [0, 0.05) is 12.6 Å². The molecule has 1 aromatic rings. The summed E-state index contributed by atoms with van der Waals surface area (Å²) in [5.41, 5.74) is 0.825. The largest absolute Gasteiger partial charge is 0.454 e. The fourth-order valence-corrected chi connectivity index (χ4v) is 5.20. The summed E-state index contributed by atoms with van der Waals surface area (Å²) in [6, 6.07) is 7.89. The van der Waals surface area contributed by atoms with Gasteiger partial charge in [-0.3, -0.25) is 9.59 Å². The first-order chi connectivity index (χ1) is 14.1. The lowest BCUT2D eigenvalue weighted by Crippen LogP contribution is -2.48. The number of esters is 1. The summed E-state index contributed by atoms with van der Waals surface area (Å²) in [7, 11) is -3.13. The number of hydrogen-bond donors (Lipinski definition) is 1. The predicted molar refractivity (Wildman–Crippen MR) is 112 cm³/mol. The Morgan fingerprint density at radius 1 is 1.20 bits per heavy atom. The lowest BCUT2D eigenvalue weighted by molar-refractivity contribution is -0.156. The molecule has 2 atom stereocenters. The Labute approximate surface area is 177 Å². The Balaban J connectivity index is 1.91. The van der Waals surface area contributed by atoms with Crippen LogP contribution in [0.25, 0.3) is 0 Å². The normalized spacial score (nSPS) is 18.6. The summed E-state index contributed by atoms with van der Waals surface area (Å²) in [5, 5.41) is 2.68. The summed E-state index contributed by atoms with van der Waals surface area (Å²) < 4.78 is 28.5. The van der Waals surface area contributed by atoms with Gasteiger partial charge in [0.2, 0.25) is 5.91 Å². The minimum Gasteiger partial charge on any atom is -0.454 e. The zero-order valence-electron chi connectivity index (χ0n) is 17.7. The number of rotatable bonds is 9. The Bertz CT molecular complexity index is 854. The first-order valence-corrected chi connectivity index (χ1v) is 11.9. The molecule has 1 aliphatic heterocycles. The van der Waals surface area contributed by atoms with Crippen LogP contribution in [0.3, 0.4) is 0 Å². The van der Waals surface area contributed by atoms with E-state index in [2.05, 4.69) is 5.32 Å². The fraction of sp³-hybridized carbons (Fsp3) is 0.571. The summed E-state index contributed by atoms with van der Waals surface area (Å²) in [6.07, 6.45) is 0.524. The van der Waals surface area contributed by atoms with E-state index in [4.69, 9.17) is 4.74 Å². The molecule has 1 aromatic carbocycles. The van der Waals surface area contributed by atoms with Crippen molar-refractivity contribution in [2.24, 2.45) is 5.92 Å². The van der Waals surface area contributed by atoms with Gasteiger partial charge in [-0.25, -0.2) is 13.2 Å². The monoisotopic (exact) mass is 438 g/mol. The van der Waals surface area contributed by atoms with Crippen molar-refractivity contribution in [3.63, 3.8) is 0 Å². The number of benzene rings is 1. The van der Waals surface area contributed by atoms with Gasteiger partial charge in [0.1, 0.15) is 6.04 Å². The van der Waals surface area contributed by atoms with Gasteiger partial charge >= 0.3 is 5.97 Å². The van der Waals surface area contributed by atoms with Crippen LogP contribution in [0, 0.1) is 5.92 Å². The first-order valence-electron chi connectivity index (χ1n) is 10.1. The van der Waals surface area contributed by atoms with E-state index in [1.165, 1.54) is 4.90 Å². The third-order valence-corrected chi connectivity index (χ3v) is 6.84. The van der Waals surface area contributed by atoms with Crippen LogP contribution in [0.1, 0.15) is 32.8 Å². The number of likely N-dealkylation sites (N-methyl/N-ethyl adjacent to an activating group) is 1. The van der Waals surface area contributed by atoms with Crippen molar-refractivity contribution in [3.8, 4) is 0 Å². The molecule has 166 valence electrons. The van der Waals surface area contributed by atoms with Gasteiger partial charge in [0.25, 0.3) is 5.91 Å². The summed E-state index contributed by atoms with van der Waals surface area (Å²) in [4.78, 5) is 38.8. The Kier molecular flexibility index (Phi) is 8.40. The van der Waals surface area contributed by atoms with E-state index in [0.717, 1.165) is 5.56 Å². The molecule has 2 amide bonds. The fourth-order valence-electron chi connectivity index (χ4n) is 3.47. The number of carbonyl (C=O) groups is 3. The van der Waals surface area contributed by atoms with Crippen LogP contribution < -0.4 is 5.32 Å². The number of carbonyl (C=O) groups excluding carboxylic acids is 3. The molecule has 0 aliphatic carbocycles. The van der Waals surface area contributed by atoms with Crippen LogP contribution in [-0.4, -0.2) is 67.8 Å². The van der Waals surface area contributed by atoms with Gasteiger partial charge < -0.3 is 15.0 Å². The molecule has 0 spiro atoms. The Hall–Kier alpha value is -2.42. The molecule has 8 nitrogen and oxygen atoms in total. The highest BCUT2D eigenvalue weighted by molar-refractivity contribution is 7.91. The average molecular weight is 439 g/mol. The number of ether oxygens (including phenoxy) is 1. The molecule has 1 N–H and O–H groups in total. The van der Waals surface area contributed by atoms with Crippen molar-refractivity contribution >= 4 is 27.6 Å². The van der Waals surface area contributed by atoms with Gasteiger partial charge in [0.15, 0.2) is 16.4 Å². The van der Waals surface area contributed by atoms with Crippen LogP contribution >= 0.6 is 0 Å². The van der Waals surface area contributed by atoms with E-state index in [9.17, 15) is 22.8 Å². The van der Waals surface area contributed by atoms with Crippen molar-refractivity contribution < 1.29 is 27.5 Å². The first kappa shape index (κ1) is 23.9. The van der Waals surface area contributed by atoms with E-state index in [1.807, 2.05) is 30.3 Å². The molecule has 30 heavy (non-hydrogen) atoms. The smallest absolute Gasteiger partial charge is 0.329 e. The molecular formula is C21H30N2O6S. The van der Waals surface area contributed by atoms with E-state index >= 15 is 0 Å². The third kappa shape index (κ3) is 6.83. The molecule has 2 rings (SSSR count). The van der Waals surface area contributed by atoms with Crippen LogP contribution in [0.4, 0.5) is 0 Å². The quantitative estimate of drug-likeness (QED) is 0.575. The Morgan fingerprint density at radius 2 is 1.87 bits per heavy atom. The van der Waals surface area contributed by atoms with Crippen molar-refractivity contribution in [1.29, 1.82) is 0 Å². The number of sulfone groups is 1. The number of hydrogen-bond acceptors (Lipinski definition) is 6.